The lowest BCUT2D eigenvalue weighted by Gasteiger charge is -2.09. The number of benzene rings is 1. The molecular weight excluding hydrogens is 318 g/mol. The summed E-state index contributed by atoms with van der Waals surface area (Å²) in [5.41, 5.74) is -0.371. The largest absolute Gasteiger partial charge is 0.383 e. The van der Waals surface area contributed by atoms with Crippen LogP contribution < -0.4 is 10.0 Å². The van der Waals surface area contributed by atoms with E-state index in [0.29, 0.717) is 12.2 Å². The van der Waals surface area contributed by atoms with Crippen LogP contribution in [0.15, 0.2) is 23.1 Å². The second-order valence-electron chi connectivity index (χ2n) is 4.19. The number of nitrogens with zero attached hydrogens (tertiary/aromatic N) is 1. The maximum absolute atomic E-state index is 12.2. The van der Waals surface area contributed by atoms with Gasteiger partial charge in [0.15, 0.2) is 4.90 Å². The number of rotatable bonds is 8. The first-order chi connectivity index (χ1) is 9.79. The Hall–Kier alpha value is -1.52. The molecule has 0 bridgehead atoms. The van der Waals surface area contributed by atoms with Crippen LogP contribution in [0.4, 0.5) is 11.4 Å². The van der Waals surface area contributed by atoms with Crippen LogP contribution in [0.3, 0.4) is 0 Å². The summed E-state index contributed by atoms with van der Waals surface area (Å²) in [6.07, 6.45) is 1.91. The Morgan fingerprint density at radius 3 is 2.57 bits per heavy atom. The van der Waals surface area contributed by atoms with Crippen molar-refractivity contribution in [2.45, 2.75) is 11.3 Å². The maximum atomic E-state index is 12.2. The molecule has 0 aromatic heterocycles. The minimum Gasteiger partial charge on any atom is -0.383 e. The third kappa shape index (κ3) is 4.76. The third-order valence-corrected chi connectivity index (χ3v) is 5.00. The summed E-state index contributed by atoms with van der Waals surface area (Å²) in [5.74, 6) is 0.362. The molecule has 0 fully saturated rings. The Labute approximate surface area is 125 Å². The van der Waals surface area contributed by atoms with Gasteiger partial charge in [-0.15, -0.1) is 0 Å². The molecule has 10 heteroatoms. The van der Waals surface area contributed by atoms with Crippen LogP contribution in [0.5, 0.6) is 0 Å². The first kappa shape index (κ1) is 17.5. The van der Waals surface area contributed by atoms with E-state index in [1.54, 1.807) is 0 Å². The fraction of sp³-hybridized carbons (Fsp3) is 0.455. The zero-order valence-electron chi connectivity index (χ0n) is 11.7. The van der Waals surface area contributed by atoms with Crippen molar-refractivity contribution >= 4 is 32.2 Å². The SMILES string of the molecule is CNc1cccc(S(=O)(=O)NCCCS(C)=O)c1[N+](=O)[O-]. The van der Waals surface area contributed by atoms with Gasteiger partial charge in [-0.1, -0.05) is 6.07 Å². The number of sulfonamides is 1. The monoisotopic (exact) mass is 335 g/mol. The van der Waals surface area contributed by atoms with Gasteiger partial charge in [-0.2, -0.15) is 0 Å². The molecule has 21 heavy (non-hydrogen) atoms. The van der Waals surface area contributed by atoms with Crippen molar-refractivity contribution in [1.82, 2.24) is 4.72 Å². The van der Waals surface area contributed by atoms with Gasteiger partial charge >= 0.3 is 5.69 Å². The Morgan fingerprint density at radius 1 is 1.38 bits per heavy atom. The summed E-state index contributed by atoms with van der Waals surface area (Å²) in [6, 6.07) is 4.03. The van der Waals surface area contributed by atoms with E-state index in [2.05, 4.69) is 10.0 Å². The Kier molecular flexibility index (Phi) is 6.24. The van der Waals surface area contributed by atoms with Crippen LogP contribution >= 0.6 is 0 Å². The number of nitro groups is 1. The third-order valence-electron chi connectivity index (χ3n) is 2.64. The van der Waals surface area contributed by atoms with Gasteiger partial charge in [0.2, 0.25) is 10.0 Å². The second kappa shape index (κ2) is 7.48. The van der Waals surface area contributed by atoms with Crippen molar-refractivity contribution in [3.8, 4) is 0 Å². The molecule has 0 aliphatic carbocycles. The summed E-state index contributed by atoms with van der Waals surface area (Å²) in [7, 11) is -3.53. The van der Waals surface area contributed by atoms with Crippen LogP contribution in [-0.4, -0.2) is 43.2 Å². The van der Waals surface area contributed by atoms with Crippen LogP contribution in [0.25, 0.3) is 0 Å². The van der Waals surface area contributed by atoms with Gasteiger partial charge in [0.05, 0.1) is 4.92 Å². The van der Waals surface area contributed by atoms with Crippen LogP contribution in [0.2, 0.25) is 0 Å². The fourth-order valence-electron chi connectivity index (χ4n) is 1.69. The van der Waals surface area contributed by atoms with Gasteiger partial charge in [0.1, 0.15) is 5.69 Å². The molecule has 2 N–H and O–H groups in total. The van der Waals surface area contributed by atoms with Crippen molar-refractivity contribution < 1.29 is 17.6 Å². The Bertz CT molecular complexity index is 645. The van der Waals surface area contributed by atoms with E-state index in [1.807, 2.05) is 0 Å². The van der Waals surface area contributed by atoms with Crippen LogP contribution in [-0.2, 0) is 20.8 Å². The van der Waals surface area contributed by atoms with Gasteiger partial charge in [0.25, 0.3) is 0 Å². The lowest BCUT2D eigenvalue weighted by atomic mass is 10.3. The summed E-state index contributed by atoms with van der Waals surface area (Å²) < 4.78 is 37.5. The number of nitrogens with one attached hydrogen (secondary N) is 2. The molecule has 0 spiro atoms. The predicted molar refractivity (Wildman–Crippen MR) is 81.4 cm³/mol. The number of nitro benzene ring substituents is 1. The van der Waals surface area contributed by atoms with Crippen molar-refractivity contribution in [2.75, 3.05) is 30.9 Å². The van der Waals surface area contributed by atoms with E-state index < -0.39 is 36.3 Å². The number of hydrogen-bond donors (Lipinski definition) is 2. The van der Waals surface area contributed by atoms with Gasteiger partial charge in [-0.3, -0.25) is 14.3 Å². The topological polar surface area (TPSA) is 118 Å². The van der Waals surface area contributed by atoms with Gasteiger partial charge in [-0.05, 0) is 18.6 Å². The lowest BCUT2D eigenvalue weighted by Crippen LogP contribution is -2.26. The van der Waals surface area contributed by atoms with E-state index in [-0.39, 0.29) is 12.2 Å². The van der Waals surface area contributed by atoms with Crippen molar-refractivity contribution in [1.29, 1.82) is 0 Å². The number of hydrogen-bond acceptors (Lipinski definition) is 6. The molecule has 1 aromatic rings. The zero-order chi connectivity index (χ0) is 16.0. The molecule has 0 saturated carbocycles. The molecule has 1 rings (SSSR count). The van der Waals surface area contributed by atoms with E-state index >= 15 is 0 Å². The smallest absolute Gasteiger partial charge is 0.312 e. The Balaban J connectivity index is 3.03. The highest BCUT2D eigenvalue weighted by atomic mass is 32.2. The molecule has 1 unspecified atom stereocenters. The average Bonchev–Trinajstić information content (AvgIpc) is 2.42. The number of para-hydroxylation sites is 1. The summed E-state index contributed by atoms with van der Waals surface area (Å²) in [5, 5.41) is 13.7. The molecular formula is C11H17N3O5S2. The molecule has 8 nitrogen and oxygen atoms in total. The summed E-state index contributed by atoms with van der Waals surface area (Å²) >= 11 is 0. The van der Waals surface area contributed by atoms with E-state index in [0.717, 1.165) is 0 Å². The first-order valence-corrected chi connectivity index (χ1v) is 9.25. The quantitative estimate of drug-likeness (QED) is 0.410. The highest BCUT2D eigenvalue weighted by molar-refractivity contribution is 7.89. The highest BCUT2D eigenvalue weighted by Gasteiger charge is 2.28. The van der Waals surface area contributed by atoms with Gasteiger partial charge in [-0.25, -0.2) is 13.1 Å². The molecule has 118 valence electrons. The van der Waals surface area contributed by atoms with Gasteiger partial charge in [0, 0.05) is 36.4 Å². The van der Waals surface area contributed by atoms with Crippen LogP contribution in [0, 0.1) is 10.1 Å². The van der Waals surface area contributed by atoms with Crippen molar-refractivity contribution in [3.63, 3.8) is 0 Å². The van der Waals surface area contributed by atoms with E-state index in [9.17, 15) is 22.7 Å². The molecule has 0 saturated heterocycles. The minimum atomic E-state index is -4.00. The minimum absolute atomic E-state index is 0.0723. The lowest BCUT2D eigenvalue weighted by molar-refractivity contribution is -0.386. The van der Waals surface area contributed by atoms with Gasteiger partial charge < -0.3 is 5.32 Å². The van der Waals surface area contributed by atoms with E-state index in [1.165, 1.54) is 31.5 Å². The zero-order valence-corrected chi connectivity index (χ0v) is 13.3. The summed E-state index contributed by atoms with van der Waals surface area (Å²) in [4.78, 5) is 9.97. The maximum Gasteiger partial charge on any atom is 0.312 e. The molecule has 0 amide bonds. The van der Waals surface area contributed by atoms with Crippen molar-refractivity contribution in [3.05, 3.63) is 28.3 Å². The fourth-order valence-corrected chi connectivity index (χ4v) is 3.51. The Morgan fingerprint density at radius 2 is 2.05 bits per heavy atom. The second-order valence-corrected chi connectivity index (χ2v) is 7.48. The molecule has 0 heterocycles. The average molecular weight is 335 g/mol. The molecule has 1 aromatic carbocycles. The predicted octanol–water partition coefficient (Wildman–Crippen LogP) is 0.683. The standard InChI is InChI=1S/C11H17N3O5S2/c1-12-9-5-3-6-10(11(9)14(15)16)21(18,19)13-7-4-8-20(2)17/h3,5-6,12-13H,4,7-8H2,1-2H3. The van der Waals surface area contributed by atoms with Crippen LogP contribution in [0.1, 0.15) is 6.42 Å². The molecule has 0 radical (unpaired) electrons. The van der Waals surface area contributed by atoms with Crippen molar-refractivity contribution in [2.24, 2.45) is 0 Å². The first-order valence-electron chi connectivity index (χ1n) is 6.04. The normalized spacial score (nSPS) is 12.9. The number of anilines is 1. The molecule has 0 aliphatic rings. The highest BCUT2D eigenvalue weighted by Crippen LogP contribution is 2.31. The molecule has 1 atom stereocenters. The summed E-state index contributed by atoms with van der Waals surface area (Å²) in [6.45, 7) is 0.0723. The molecule has 0 aliphatic heterocycles. The van der Waals surface area contributed by atoms with E-state index in [4.69, 9.17) is 0 Å².